The average Bonchev–Trinajstić information content (AvgIpc) is 3.66. The summed E-state index contributed by atoms with van der Waals surface area (Å²) in [6.45, 7) is 7.51. The molecule has 43 heavy (non-hydrogen) atoms. The van der Waals surface area contributed by atoms with Crippen LogP contribution in [0.15, 0.2) is 73.1 Å². The minimum absolute atomic E-state index is 0.0262. The summed E-state index contributed by atoms with van der Waals surface area (Å²) in [5.41, 5.74) is 5.35. The number of hydrogen-bond acceptors (Lipinski definition) is 2. The zero-order valence-corrected chi connectivity index (χ0v) is 25.9. The first-order valence-corrected chi connectivity index (χ1v) is 15.5. The van der Waals surface area contributed by atoms with Crippen molar-refractivity contribution in [3.8, 4) is 22.5 Å². The van der Waals surface area contributed by atoms with Gasteiger partial charge < -0.3 is 14.9 Å². The van der Waals surface area contributed by atoms with Crippen molar-refractivity contribution in [1.82, 2.24) is 19.9 Å². The Labute approximate surface area is 260 Å². The van der Waals surface area contributed by atoms with E-state index in [0.29, 0.717) is 33.9 Å². The van der Waals surface area contributed by atoms with Gasteiger partial charge in [-0.25, -0.2) is 9.37 Å². The molecule has 2 aromatic heterocycles. The van der Waals surface area contributed by atoms with E-state index in [0.717, 1.165) is 46.1 Å². The van der Waals surface area contributed by atoms with Crippen molar-refractivity contribution < 1.29 is 9.18 Å². The molecule has 2 fully saturated rings. The summed E-state index contributed by atoms with van der Waals surface area (Å²) in [4.78, 5) is 22.6. The molecule has 3 atom stereocenters. The van der Waals surface area contributed by atoms with E-state index in [9.17, 15) is 9.18 Å². The summed E-state index contributed by atoms with van der Waals surface area (Å²) >= 11 is 12.6. The molecular formula is C35H33Cl2FN4O. The van der Waals surface area contributed by atoms with Gasteiger partial charge in [-0.2, -0.15) is 0 Å². The SMILES string of the molecule is CC1(C)C2CC[C@]1(C)[C@@H](NC(=O)c1[nH]c3cc(Cl)ccc3c1-c1c(-c3ccc(F)cc3)ncn1Cc1ccc(Cl)cc1)C2. The standard InChI is InChI=1S/C35H33Cl2FN4O/c1-34(2)22-14-15-35(34,3)28(16-22)41-33(43)31-29(26-13-10-24(37)17-27(26)40-31)32-30(21-6-11-25(38)12-7-21)39-19-42(32)18-20-4-8-23(36)9-5-20/h4-13,17,19,22,28,40H,14-16,18H2,1-3H3,(H,41,43)/t22?,28-,35+/m0/s1. The van der Waals surface area contributed by atoms with Crippen LogP contribution < -0.4 is 5.32 Å². The van der Waals surface area contributed by atoms with E-state index < -0.39 is 0 Å². The molecule has 1 unspecified atom stereocenters. The molecule has 2 heterocycles. The molecule has 0 radical (unpaired) electrons. The number of nitrogens with zero attached hydrogens (tertiary/aromatic N) is 2. The largest absolute Gasteiger partial charge is 0.350 e. The summed E-state index contributed by atoms with van der Waals surface area (Å²) in [5, 5.41) is 5.53. The predicted octanol–water partition coefficient (Wildman–Crippen LogP) is 9.14. The van der Waals surface area contributed by atoms with Gasteiger partial charge in [-0.05, 0) is 90.1 Å². The van der Waals surface area contributed by atoms with E-state index in [1.165, 1.54) is 18.6 Å². The van der Waals surface area contributed by atoms with Crippen LogP contribution in [-0.2, 0) is 6.54 Å². The van der Waals surface area contributed by atoms with Crippen LogP contribution in [0.1, 0.15) is 56.1 Å². The highest BCUT2D eigenvalue weighted by molar-refractivity contribution is 6.31. The number of nitrogens with one attached hydrogen (secondary N) is 2. The molecule has 0 saturated heterocycles. The molecule has 2 aliphatic carbocycles. The van der Waals surface area contributed by atoms with Gasteiger partial charge in [0.05, 0.1) is 17.7 Å². The van der Waals surface area contributed by atoms with Crippen LogP contribution >= 0.6 is 23.2 Å². The maximum atomic E-state index is 14.3. The summed E-state index contributed by atoms with van der Waals surface area (Å²) in [5.74, 6) is 0.117. The lowest BCUT2D eigenvalue weighted by atomic mass is 9.69. The Bertz CT molecular complexity index is 1860. The third-order valence-electron chi connectivity index (χ3n) is 10.5. The molecule has 2 bridgehead atoms. The second-order valence-corrected chi connectivity index (χ2v) is 13.8. The summed E-state index contributed by atoms with van der Waals surface area (Å²) < 4.78 is 16.0. The molecule has 2 aliphatic rings. The number of aromatic amines is 1. The maximum absolute atomic E-state index is 14.3. The van der Waals surface area contributed by atoms with Crippen LogP contribution in [-0.4, -0.2) is 26.5 Å². The summed E-state index contributed by atoms with van der Waals surface area (Å²) in [6.07, 6.45) is 5.06. The molecule has 5 aromatic rings. The van der Waals surface area contributed by atoms with Crippen LogP contribution in [0.2, 0.25) is 10.0 Å². The van der Waals surface area contributed by atoms with Crippen molar-refractivity contribution in [2.75, 3.05) is 0 Å². The zero-order valence-electron chi connectivity index (χ0n) is 24.3. The van der Waals surface area contributed by atoms with Crippen molar-refractivity contribution in [2.24, 2.45) is 16.7 Å². The van der Waals surface area contributed by atoms with Gasteiger partial charge in [-0.3, -0.25) is 4.79 Å². The van der Waals surface area contributed by atoms with Crippen molar-refractivity contribution in [1.29, 1.82) is 0 Å². The number of aromatic nitrogens is 3. The molecule has 3 aromatic carbocycles. The minimum atomic E-state index is -0.324. The molecule has 2 saturated carbocycles. The van der Waals surface area contributed by atoms with Gasteiger partial charge in [0.1, 0.15) is 11.5 Å². The molecule has 1 amide bonds. The number of H-pyrrole nitrogens is 1. The third kappa shape index (κ3) is 4.58. The first-order chi connectivity index (χ1) is 20.5. The van der Waals surface area contributed by atoms with Crippen LogP contribution in [0.5, 0.6) is 0 Å². The third-order valence-corrected chi connectivity index (χ3v) is 11.0. The van der Waals surface area contributed by atoms with Crippen LogP contribution in [0, 0.1) is 22.6 Å². The van der Waals surface area contributed by atoms with Crippen LogP contribution in [0.4, 0.5) is 4.39 Å². The van der Waals surface area contributed by atoms with E-state index in [2.05, 4.69) is 31.1 Å². The first-order valence-electron chi connectivity index (χ1n) is 14.7. The Balaban J connectivity index is 1.39. The van der Waals surface area contributed by atoms with Crippen molar-refractivity contribution in [3.05, 3.63) is 100 Å². The van der Waals surface area contributed by atoms with Crippen molar-refractivity contribution >= 4 is 40.0 Å². The second kappa shape index (κ2) is 10.2. The number of rotatable bonds is 6. The lowest BCUT2D eigenvalue weighted by Gasteiger charge is -2.39. The van der Waals surface area contributed by atoms with Crippen molar-refractivity contribution in [2.45, 2.75) is 52.6 Å². The lowest BCUT2D eigenvalue weighted by molar-refractivity contribution is 0.0823. The van der Waals surface area contributed by atoms with Gasteiger partial charge in [0, 0.05) is 44.7 Å². The van der Waals surface area contributed by atoms with Gasteiger partial charge in [0.2, 0.25) is 0 Å². The first kappa shape index (κ1) is 28.2. The van der Waals surface area contributed by atoms with Crippen molar-refractivity contribution in [3.63, 3.8) is 0 Å². The number of amides is 1. The number of fused-ring (bicyclic) bond motifs is 3. The number of benzene rings is 3. The highest BCUT2D eigenvalue weighted by Gasteiger charge is 2.61. The van der Waals surface area contributed by atoms with Gasteiger partial charge in [-0.1, -0.05) is 62.2 Å². The minimum Gasteiger partial charge on any atom is -0.350 e. The van der Waals surface area contributed by atoms with E-state index in [1.54, 1.807) is 18.5 Å². The molecule has 5 nitrogen and oxygen atoms in total. The lowest BCUT2D eigenvalue weighted by Crippen LogP contribution is -2.47. The van der Waals surface area contributed by atoms with E-state index in [1.807, 2.05) is 47.0 Å². The molecule has 220 valence electrons. The molecule has 8 heteroatoms. The fourth-order valence-corrected chi connectivity index (χ4v) is 7.91. The smallest absolute Gasteiger partial charge is 0.268 e. The normalized spacial score (nSPS) is 22.4. The highest BCUT2D eigenvalue weighted by Crippen LogP contribution is 2.65. The van der Waals surface area contributed by atoms with Crippen LogP contribution in [0.25, 0.3) is 33.4 Å². The second-order valence-electron chi connectivity index (χ2n) is 12.9. The number of carbonyl (C=O) groups excluding carboxylic acids is 1. The van der Waals surface area contributed by atoms with E-state index >= 15 is 0 Å². The Morgan fingerprint density at radius 2 is 1.77 bits per heavy atom. The molecular weight excluding hydrogens is 582 g/mol. The molecule has 2 N–H and O–H groups in total. The molecule has 0 aliphatic heterocycles. The maximum Gasteiger partial charge on any atom is 0.268 e. The Morgan fingerprint density at radius 3 is 2.44 bits per heavy atom. The Kier molecular flexibility index (Phi) is 6.71. The van der Waals surface area contributed by atoms with Gasteiger partial charge >= 0.3 is 0 Å². The number of halogens is 3. The Morgan fingerprint density at radius 1 is 1.05 bits per heavy atom. The number of hydrogen-bond donors (Lipinski definition) is 2. The molecule has 0 spiro atoms. The highest BCUT2D eigenvalue weighted by atomic mass is 35.5. The predicted molar refractivity (Wildman–Crippen MR) is 171 cm³/mol. The van der Waals surface area contributed by atoms with Gasteiger partial charge in [0.15, 0.2) is 0 Å². The topological polar surface area (TPSA) is 62.7 Å². The van der Waals surface area contributed by atoms with E-state index in [4.69, 9.17) is 28.2 Å². The number of imidazole rings is 1. The quantitative estimate of drug-likeness (QED) is 0.200. The Hall–Kier alpha value is -3.61. The molecule has 7 rings (SSSR count). The zero-order chi connectivity index (χ0) is 30.1. The summed E-state index contributed by atoms with van der Waals surface area (Å²) in [7, 11) is 0. The van der Waals surface area contributed by atoms with Gasteiger partial charge in [-0.15, -0.1) is 0 Å². The average molecular weight is 616 g/mol. The van der Waals surface area contributed by atoms with Crippen LogP contribution in [0.3, 0.4) is 0 Å². The fraction of sp³-hybridized carbons (Fsp3) is 0.314. The van der Waals surface area contributed by atoms with Gasteiger partial charge in [0.25, 0.3) is 5.91 Å². The van der Waals surface area contributed by atoms with E-state index in [-0.39, 0.29) is 28.6 Å². The number of carbonyl (C=O) groups is 1. The monoisotopic (exact) mass is 614 g/mol. The fourth-order valence-electron chi connectivity index (χ4n) is 7.61. The summed E-state index contributed by atoms with van der Waals surface area (Å²) in [6, 6.07) is 19.7.